The molecule has 25 heavy (non-hydrogen) atoms. The molecule has 3 rings (SSSR count). The zero-order valence-electron chi connectivity index (χ0n) is 13.4. The molecule has 0 spiro atoms. The van der Waals surface area contributed by atoms with E-state index in [4.69, 9.17) is 19.3 Å². The molecule has 0 fully saturated rings. The summed E-state index contributed by atoms with van der Waals surface area (Å²) in [5.41, 5.74) is 0.890. The van der Waals surface area contributed by atoms with Gasteiger partial charge < -0.3 is 29.7 Å². The van der Waals surface area contributed by atoms with Crippen LogP contribution in [0, 0.1) is 0 Å². The fraction of sp³-hybridized carbons (Fsp3) is 0.176. The minimum Gasteiger partial charge on any atom is -0.507 e. The fourth-order valence-electron chi connectivity index (χ4n) is 2.66. The molecule has 8 nitrogen and oxygen atoms in total. The van der Waals surface area contributed by atoms with Gasteiger partial charge in [0.25, 0.3) is 0 Å². The first-order chi connectivity index (χ1) is 12.0. The minimum atomic E-state index is -1.27. The van der Waals surface area contributed by atoms with Crippen molar-refractivity contribution in [1.29, 1.82) is 0 Å². The van der Waals surface area contributed by atoms with Crippen molar-refractivity contribution in [3.63, 3.8) is 0 Å². The molecular formula is C17H15NO7. The zero-order chi connectivity index (χ0) is 18.1. The van der Waals surface area contributed by atoms with Crippen LogP contribution in [-0.2, 0) is 4.74 Å². The van der Waals surface area contributed by atoms with E-state index < -0.39 is 18.2 Å². The third kappa shape index (κ3) is 2.78. The van der Waals surface area contributed by atoms with Crippen LogP contribution in [0.2, 0.25) is 0 Å². The number of carbonyl (C=O) groups is 2. The first kappa shape index (κ1) is 16.4. The summed E-state index contributed by atoms with van der Waals surface area (Å²) < 4.78 is 15.7. The lowest BCUT2D eigenvalue weighted by Crippen LogP contribution is -2.11. The maximum absolute atomic E-state index is 12.2. The maximum Gasteiger partial charge on any atom is 0.344 e. The topological polar surface area (TPSA) is 114 Å². The number of carboxylic acid groups (broad SMARTS) is 1. The number of hydrogen-bond acceptors (Lipinski definition) is 7. The van der Waals surface area contributed by atoms with Crippen molar-refractivity contribution in [2.24, 2.45) is 0 Å². The Kier molecular flexibility index (Phi) is 4.10. The molecule has 1 aliphatic heterocycles. The monoisotopic (exact) mass is 345 g/mol. The molecule has 3 N–H and O–H groups in total. The zero-order valence-corrected chi connectivity index (χ0v) is 13.4. The van der Waals surface area contributed by atoms with Crippen LogP contribution >= 0.6 is 0 Å². The second kappa shape index (κ2) is 6.23. The van der Waals surface area contributed by atoms with E-state index in [1.54, 1.807) is 12.1 Å². The molecule has 1 aliphatic rings. The second-order valence-electron chi connectivity index (χ2n) is 5.23. The molecule has 130 valence electrons. The number of carbonyl (C=O) groups excluding carboxylic acids is 1. The maximum atomic E-state index is 12.2. The number of methoxy groups -OCH3 is 2. The lowest BCUT2D eigenvalue weighted by Gasteiger charge is -2.15. The number of benzene rings is 2. The molecule has 0 bridgehead atoms. The highest BCUT2D eigenvalue weighted by molar-refractivity contribution is 5.98. The normalized spacial score (nSPS) is 15.3. The highest BCUT2D eigenvalue weighted by Crippen LogP contribution is 2.42. The highest BCUT2D eigenvalue weighted by atomic mass is 16.6. The standard InChI is InChI=1S/C17H15NO7/c1-23-12-6-4-9-13(14(12)24-2)17(22)25-15(9)18-8-3-5-11(19)10(7-8)16(20)21/h3-7,15,18-19H,1-2H3,(H,20,21). The van der Waals surface area contributed by atoms with Gasteiger partial charge in [0.05, 0.1) is 14.2 Å². The Labute approximate surface area is 142 Å². The van der Waals surface area contributed by atoms with Gasteiger partial charge in [-0.2, -0.15) is 0 Å². The third-order valence-electron chi connectivity index (χ3n) is 3.81. The van der Waals surface area contributed by atoms with Crippen LogP contribution in [0.25, 0.3) is 0 Å². The summed E-state index contributed by atoms with van der Waals surface area (Å²) in [4.78, 5) is 23.3. The summed E-state index contributed by atoms with van der Waals surface area (Å²) in [5, 5.41) is 21.6. The molecule has 0 saturated carbocycles. The molecule has 1 atom stereocenters. The predicted octanol–water partition coefficient (Wildman–Crippen LogP) is 2.39. The molecule has 1 heterocycles. The van der Waals surface area contributed by atoms with Crippen LogP contribution < -0.4 is 14.8 Å². The number of anilines is 1. The Morgan fingerprint density at radius 2 is 1.96 bits per heavy atom. The van der Waals surface area contributed by atoms with Gasteiger partial charge in [0.15, 0.2) is 11.5 Å². The number of fused-ring (bicyclic) bond motifs is 1. The van der Waals surface area contributed by atoms with Crippen LogP contribution in [0.1, 0.15) is 32.5 Å². The van der Waals surface area contributed by atoms with E-state index in [1.165, 1.54) is 32.4 Å². The van der Waals surface area contributed by atoms with Gasteiger partial charge in [-0.1, -0.05) is 0 Å². The summed E-state index contributed by atoms with van der Waals surface area (Å²) in [6.45, 7) is 0. The summed E-state index contributed by atoms with van der Waals surface area (Å²) >= 11 is 0. The van der Waals surface area contributed by atoms with Gasteiger partial charge in [-0.25, -0.2) is 9.59 Å². The van der Waals surface area contributed by atoms with Crippen molar-refractivity contribution in [2.45, 2.75) is 6.23 Å². The summed E-state index contributed by atoms with van der Waals surface area (Å²) in [6, 6.07) is 7.29. The van der Waals surface area contributed by atoms with Gasteiger partial charge in [-0.3, -0.25) is 0 Å². The summed E-state index contributed by atoms with van der Waals surface area (Å²) in [5.74, 6) is -1.53. The molecular weight excluding hydrogens is 330 g/mol. The average Bonchev–Trinajstić information content (AvgIpc) is 2.91. The number of rotatable bonds is 5. The Balaban J connectivity index is 1.97. The largest absolute Gasteiger partial charge is 0.507 e. The van der Waals surface area contributed by atoms with E-state index >= 15 is 0 Å². The Morgan fingerprint density at radius 3 is 2.60 bits per heavy atom. The summed E-state index contributed by atoms with van der Waals surface area (Å²) in [7, 11) is 2.88. The van der Waals surface area contributed by atoms with E-state index in [2.05, 4.69) is 5.32 Å². The molecule has 8 heteroatoms. The van der Waals surface area contributed by atoms with E-state index in [9.17, 15) is 14.7 Å². The van der Waals surface area contributed by atoms with Crippen molar-refractivity contribution in [2.75, 3.05) is 19.5 Å². The van der Waals surface area contributed by atoms with Gasteiger partial charge in [-0.15, -0.1) is 0 Å². The van der Waals surface area contributed by atoms with E-state index in [-0.39, 0.29) is 22.6 Å². The third-order valence-corrected chi connectivity index (χ3v) is 3.81. The number of carboxylic acids is 1. The number of esters is 1. The molecule has 1 unspecified atom stereocenters. The van der Waals surface area contributed by atoms with E-state index in [0.717, 1.165) is 0 Å². The van der Waals surface area contributed by atoms with Gasteiger partial charge >= 0.3 is 11.9 Å². The SMILES string of the molecule is COc1ccc2c(c1OC)C(=O)OC2Nc1ccc(O)c(C(=O)O)c1. The first-order valence-electron chi connectivity index (χ1n) is 7.25. The van der Waals surface area contributed by atoms with Crippen molar-refractivity contribution >= 4 is 17.6 Å². The predicted molar refractivity (Wildman–Crippen MR) is 86.4 cm³/mol. The summed E-state index contributed by atoms with van der Waals surface area (Å²) in [6.07, 6.45) is -0.825. The Bertz CT molecular complexity index is 862. The average molecular weight is 345 g/mol. The van der Waals surface area contributed by atoms with Crippen LogP contribution in [0.4, 0.5) is 5.69 Å². The Hall–Kier alpha value is -3.42. The molecule has 0 aromatic heterocycles. The van der Waals surface area contributed by atoms with Crippen LogP contribution in [0.15, 0.2) is 30.3 Å². The number of aromatic hydroxyl groups is 1. The number of cyclic esters (lactones) is 1. The van der Waals surface area contributed by atoms with Crippen molar-refractivity contribution in [3.8, 4) is 17.2 Å². The number of nitrogens with one attached hydrogen (secondary N) is 1. The fourth-order valence-corrected chi connectivity index (χ4v) is 2.66. The molecule has 0 aliphatic carbocycles. The lowest BCUT2D eigenvalue weighted by atomic mass is 10.1. The second-order valence-corrected chi connectivity index (χ2v) is 5.23. The highest BCUT2D eigenvalue weighted by Gasteiger charge is 2.36. The van der Waals surface area contributed by atoms with Crippen molar-refractivity contribution < 1.29 is 34.0 Å². The van der Waals surface area contributed by atoms with Crippen LogP contribution in [0.5, 0.6) is 17.2 Å². The smallest absolute Gasteiger partial charge is 0.344 e. The molecule has 0 radical (unpaired) electrons. The number of aromatic carboxylic acids is 1. The van der Waals surface area contributed by atoms with Crippen molar-refractivity contribution in [3.05, 3.63) is 47.0 Å². The van der Waals surface area contributed by atoms with Crippen LogP contribution in [0.3, 0.4) is 0 Å². The lowest BCUT2D eigenvalue weighted by molar-refractivity contribution is 0.0434. The Morgan fingerprint density at radius 1 is 1.20 bits per heavy atom. The van der Waals surface area contributed by atoms with E-state index in [1.807, 2.05) is 0 Å². The van der Waals surface area contributed by atoms with Crippen molar-refractivity contribution in [1.82, 2.24) is 0 Å². The van der Waals surface area contributed by atoms with Gasteiger partial charge in [0.2, 0.25) is 6.23 Å². The molecule has 2 aromatic rings. The number of phenols is 1. The quantitative estimate of drug-likeness (QED) is 0.559. The number of ether oxygens (including phenoxy) is 3. The molecule has 2 aromatic carbocycles. The minimum absolute atomic E-state index is 0.247. The van der Waals surface area contributed by atoms with E-state index in [0.29, 0.717) is 17.0 Å². The van der Waals surface area contributed by atoms with Gasteiger partial charge in [0.1, 0.15) is 16.9 Å². The van der Waals surface area contributed by atoms with Crippen LogP contribution in [-0.4, -0.2) is 36.4 Å². The first-order valence-corrected chi connectivity index (χ1v) is 7.25. The molecule has 0 amide bonds. The molecule has 0 saturated heterocycles. The van der Waals surface area contributed by atoms with Gasteiger partial charge in [-0.05, 0) is 30.3 Å². The van der Waals surface area contributed by atoms with Gasteiger partial charge in [0, 0.05) is 11.3 Å². The number of hydrogen-bond donors (Lipinski definition) is 3.